The highest BCUT2D eigenvalue weighted by molar-refractivity contribution is 6.31. The lowest BCUT2D eigenvalue weighted by Crippen LogP contribution is -2.36. The van der Waals surface area contributed by atoms with E-state index >= 15 is 0 Å². The molecule has 0 N–H and O–H groups in total. The lowest BCUT2D eigenvalue weighted by Gasteiger charge is -2.20. The highest BCUT2D eigenvalue weighted by atomic mass is 35.5. The molecule has 2 aromatic rings. The SMILES string of the molecule is COC(=O)c1ccc(C=Cc2cnn(C(C)(C)C)c(=O)c2Cl)cc1. The maximum atomic E-state index is 12.3. The number of benzene rings is 1. The van der Waals surface area contributed by atoms with Crippen molar-refractivity contribution < 1.29 is 9.53 Å². The number of carbonyl (C=O) groups excluding carboxylic acids is 1. The summed E-state index contributed by atoms with van der Waals surface area (Å²) in [6.07, 6.45) is 5.08. The molecule has 126 valence electrons. The minimum absolute atomic E-state index is 0.127. The van der Waals surface area contributed by atoms with E-state index in [1.165, 1.54) is 11.8 Å². The fourth-order valence-electron chi connectivity index (χ4n) is 2.07. The number of hydrogen-bond acceptors (Lipinski definition) is 4. The Balaban J connectivity index is 2.28. The summed E-state index contributed by atoms with van der Waals surface area (Å²) in [6, 6.07) is 6.90. The van der Waals surface area contributed by atoms with E-state index in [1.807, 2.05) is 20.8 Å². The number of rotatable bonds is 3. The zero-order chi connectivity index (χ0) is 17.9. The summed E-state index contributed by atoms with van der Waals surface area (Å²) in [5, 5.41) is 4.31. The summed E-state index contributed by atoms with van der Waals surface area (Å²) in [7, 11) is 1.34. The first-order chi connectivity index (χ1) is 11.2. The van der Waals surface area contributed by atoms with Crippen LogP contribution in [0.2, 0.25) is 5.02 Å². The van der Waals surface area contributed by atoms with E-state index in [0.717, 1.165) is 5.56 Å². The lowest BCUT2D eigenvalue weighted by molar-refractivity contribution is 0.0600. The van der Waals surface area contributed by atoms with Gasteiger partial charge in [0.1, 0.15) is 5.02 Å². The van der Waals surface area contributed by atoms with E-state index in [2.05, 4.69) is 9.84 Å². The Morgan fingerprint density at radius 2 is 1.83 bits per heavy atom. The molecule has 0 spiro atoms. The Morgan fingerprint density at radius 1 is 1.21 bits per heavy atom. The summed E-state index contributed by atoms with van der Waals surface area (Å²) in [5.41, 5.74) is 1.11. The van der Waals surface area contributed by atoms with Crippen molar-refractivity contribution in [1.82, 2.24) is 9.78 Å². The van der Waals surface area contributed by atoms with E-state index in [-0.39, 0.29) is 16.6 Å². The molecule has 1 aromatic carbocycles. The number of nitrogens with zero attached hydrogens (tertiary/aromatic N) is 2. The van der Waals surface area contributed by atoms with Gasteiger partial charge in [0.2, 0.25) is 0 Å². The molecule has 0 fully saturated rings. The van der Waals surface area contributed by atoms with Crippen molar-refractivity contribution in [3.05, 3.63) is 62.5 Å². The maximum Gasteiger partial charge on any atom is 0.337 e. The zero-order valence-corrected chi connectivity index (χ0v) is 14.8. The first kappa shape index (κ1) is 17.9. The third kappa shape index (κ3) is 3.92. The van der Waals surface area contributed by atoms with Crippen LogP contribution in [0.25, 0.3) is 12.2 Å². The van der Waals surface area contributed by atoms with E-state index in [1.54, 1.807) is 42.6 Å². The molecule has 0 saturated heterocycles. The Labute approximate surface area is 145 Å². The van der Waals surface area contributed by atoms with Crippen molar-refractivity contribution in [1.29, 1.82) is 0 Å². The lowest BCUT2D eigenvalue weighted by atomic mass is 10.1. The number of aromatic nitrogens is 2. The molecule has 0 aliphatic carbocycles. The molecule has 0 unspecified atom stereocenters. The third-order valence-electron chi connectivity index (χ3n) is 3.37. The summed E-state index contributed by atoms with van der Waals surface area (Å²) in [6.45, 7) is 5.66. The van der Waals surface area contributed by atoms with Gasteiger partial charge in [0.05, 0.1) is 24.4 Å². The summed E-state index contributed by atoms with van der Waals surface area (Å²) < 4.78 is 6.01. The molecular weight excluding hydrogens is 328 g/mol. The van der Waals surface area contributed by atoms with Gasteiger partial charge in [-0.15, -0.1) is 0 Å². The van der Waals surface area contributed by atoms with Crippen LogP contribution in [0.4, 0.5) is 0 Å². The van der Waals surface area contributed by atoms with Crippen molar-refractivity contribution in [2.24, 2.45) is 0 Å². The minimum atomic E-state index is -0.438. The molecule has 24 heavy (non-hydrogen) atoms. The summed E-state index contributed by atoms with van der Waals surface area (Å²) in [4.78, 5) is 23.7. The molecule has 1 heterocycles. The van der Waals surface area contributed by atoms with E-state index in [9.17, 15) is 9.59 Å². The molecule has 5 nitrogen and oxygen atoms in total. The maximum absolute atomic E-state index is 12.3. The molecule has 1 aromatic heterocycles. The van der Waals surface area contributed by atoms with Crippen LogP contribution in [0.1, 0.15) is 42.3 Å². The quantitative estimate of drug-likeness (QED) is 0.796. The smallest absolute Gasteiger partial charge is 0.337 e. The Bertz CT molecular complexity index is 831. The van der Waals surface area contributed by atoms with E-state index < -0.39 is 5.54 Å². The molecule has 6 heteroatoms. The zero-order valence-electron chi connectivity index (χ0n) is 14.0. The highest BCUT2D eigenvalue weighted by Gasteiger charge is 2.18. The normalized spacial score (nSPS) is 11.7. The van der Waals surface area contributed by atoms with Crippen molar-refractivity contribution in [2.75, 3.05) is 7.11 Å². The Kier molecular flexibility index (Phi) is 5.24. The van der Waals surface area contributed by atoms with Gasteiger partial charge in [0.15, 0.2) is 0 Å². The second kappa shape index (κ2) is 7.01. The standard InChI is InChI=1S/C18H19ClN2O3/c1-18(2,3)21-16(22)15(19)14(11-20-21)10-7-12-5-8-13(9-6-12)17(23)24-4/h5-11H,1-4H3. The van der Waals surface area contributed by atoms with Gasteiger partial charge in [0.25, 0.3) is 5.56 Å². The fraction of sp³-hybridized carbons (Fsp3) is 0.278. The van der Waals surface area contributed by atoms with Crippen LogP contribution in [0, 0.1) is 0 Å². The van der Waals surface area contributed by atoms with Crippen LogP contribution in [0.3, 0.4) is 0 Å². The van der Waals surface area contributed by atoms with Crippen molar-refractivity contribution in [3.8, 4) is 0 Å². The second-order valence-corrected chi connectivity index (χ2v) is 6.63. The predicted octanol–water partition coefficient (Wildman–Crippen LogP) is 3.61. The molecule has 0 saturated carbocycles. The number of halogens is 1. The highest BCUT2D eigenvalue weighted by Crippen LogP contribution is 2.17. The van der Waals surface area contributed by atoms with Crippen LogP contribution in [0.5, 0.6) is 0 Å². The van der Waals surface area contributed by atoms with Gasteiger partial charge >= 0.3 is 5.97 Å². The average molecular weight is 347 g/mol. The van der Waals surface area contributed by atoms with Crippen LogP contribution < -0.4 is 5.56 Å². The number of hydrogen-bond donors (Lipinski definition) is 0. The molecular formula is C18H19ClN2O3. The Morgan fingerprint density at radius 3 is 2.38 bits per heavy atom. The predicted molar refractivity (Wildman–Crippen MR) is 95.2 cm³/mol. The fourth-order valence-corrected chi connectivity index (χ4v) is 2.27. The van der Waals surface area contributed by atoms with Gasteiger partial charge in [-0.2, -0.15) is 5.10 Å². The second-order valence-electron chi connectivity index (χ2n) is 6.25. The number of carbonyl (C=O) groups is 1. The molecule has 0 atom stereocenters. The number of esters is 1. The molecule has 2 rings (SSSR count). The van der Waals surface area contributed by atoms with Gasteiger partial charge < -0.3 is 4.74 Å². The van der Waals surface area contributed by atoms with Gasteiger partial charge in [-0.1, -0.05) is 35.9 Å². The first-order valence-electron chi connectivity index (χ1n) is 7.39. The van der Waals surface area contributed by atoms with E-state index in [0.29, 0.717) is 11.1 Å². The van der Waals surface area contributed by atoms with Gasteiger partial charge in [-0.25, -0.2) is 9.48 Å². The number of methoxy groups -OCH3 is 1. The Hall–Kier alpha value is -2.40. The van der Waals surface area contributed by atoms with Gasteiger partial charge in [-0.3, -0.25) is 4.79 Å². The average Bonchev–Trinajstić information content (AvgIpc) is 2.54. The van der Waals surface area contributed by atoms with Crippen LogP contribution >= 0.6 is 11.6 Å². The molecule has 0 amide bonds. The molecule has 0 aliphatic heterocycles. The summed E-state index contributed by atoms with van der Waals surface area (Å²) >= 11 is 6.17. The van der Waals surface area contributed by atoms with Crippen molar-refractivity contribution in [3.63, 3.8) is 0 Å². The minimum Gasteiger partial charge on any atom is -0.465 e. The largest absolute Gasteiger partial charge is 0.465 e. The topological polar surface area (TPSA) is 61.2 Å². The monoisotopic (exact) mass is 346 g/mol. The molecule has 0 bridgehead atoms. The van der Waals surface area contributed by atoms with Crippen LogP contribution in [0.15, 0.2) is 35.3 Å². The molecule has 0 aliphatic rings. The number of ether oxygens (including phenoxy) is 1. The van der Waals surface area contributed by atoms with E-state index in [4.69, 9.17) is 11.6 Å². The van der Waals surface area contributed by atoms with Crippen molar-refractivity contribution in [2.45, 2.75) is 26.3 Å². The van der Waals surface area contributed by atoms with Gasteiger partial charge in [0, 0.05) is 5.56 Å². The van der Waals surface area contributed by atoms with Crippen LogP contribution in [-0.2, 0) is 10.3 Å². The summed E-state index contributed by atoms with van der Waals surface area (Å²) in [5.74, 6) is -0.386. The van der Waals surface area contributed by atoms with Crippen LogP contribution in [-0.4, -0.2) is 22.9 Å². The first-order valence-corrected chi connectivity index (χ1v) is 7.76. The molecule has 0 radical (unpaired) electrons. The van der Waals surface area contributed by atoms with Crippen molar-refractivity contribution >= 4 is 29.7 Å². The third-order valence-corrected chi connectivity index (χ3v) is 3.75. The van der Waals surface area contributed by atoms with Gasteiger partial charge in [-0.05, 0) is 38.5 Å².